The maximum atomic E-state index is 12.2. The van der Waals surface area contributed by atoms with Crippen LogP contribution in [0.5, 0.6) is 0 Å². The summed E-state index contributed by atoms with van der Waals surface area (Å²) in [7, 11) is 0. The second-order valence-corrected chi connectivity index (χ2v) is 6.17. The Labute approximate surface area is 152 Å². The van der Waals surface area contributed by atoms with Crippen molar-refractivity contribution in [1.82, 2.24) is 5.43 Å². The summed E-state index contributed by atoms with van der Waals surface area (Å²) in [5, 5.41) is 2.75. The van der Waals surface area contributed by atoms with Crippen LogP contribution in [-0.2, 0) is 4.79 Å². The lowest BCUT2D eigenvalue weighted by molar-refractivity contribution is -0.109. The lowest BCUT2D eigenvalue weighted by Crippen LogP contribution is -2.26. The smallest absolute Gasteiger partial charge is 0.288 e. The van der Waals surface area contributed by atoms with E-state index in [1.165, 1.54) is 0 Å². The fourth-order valence-corrected chi connectivity index (χ4v) is 3.06. The molecule has 132 valence electrons. The molecule has 0 aliphatic rings. The highest BCUT2D eigenvalue weighted by molar-refractivity contribution is 8.13. The van der Waals surface area contributed by atoms with Crippen molar-refractivity contribution in [2.75, 3.05) is 28.7 Å². The molecule has 2 amide bonds. The number of hydrazine groups is 1. The van der Waals surface area contributed by atoms with Crippen LogP contribution >= 0.6 is 11.8 Å². The molecular weight excluding hydrogens is 336 g/mol. The summed E-state index contributed by atoms with van der Waals surface area (Å²) >= 11 is 1.14. The highest BCUT2D eigenvalue weighted by Gasteiger charge is 2.11. The molecule has 0 fully saturated rings. The zero-order chi connectivity index (χ0) is 18.1. The molecule has 0 aliphatic heterocycles. The predicted molar refractivity (Wildman–Crippen MR) is 104 cm³/mol. The number of rotatable bonds is 8. The summed E-state index contributed by atoms with van der Waals surface area (Å²) in [5.41, 5.74) is 7.68. The van der Waals surface area contributed by atoms with Crippen LogP contribution in [0.3, 0.4) is 0 Å². The fourth-order valence-electron chi connectivity index (χ4n) is 2.39. The van der Waals surface area contributed by atoms with Crippen LogP contribution in [0.25, 0.3) is 0 Å². The normalized spacial score (nSPS) is 10.0. The van der Waals surface area contributed by atoms with E-state index in [1.807, 2.05) is 42.5 Å². The van der Waals surface area contributed by atoms with Gasteiger partial charge in [-0.05, 0) is 55.9 Å². The van der Waals surface area contributed by atoms with E-state index >= 15 is 0 Å². The molecule has 7 heteroatoms. The van der Waals surface area contributed by atoms with Gasteiger partial charge in [0.25, 0.3) is 5.24 Å². The fraction of sp³-hybridized carbons (Fsp3) is 0.222. The number of amides is 2. The van der Waals surface area contributed by atoms with E-state index < -0.39 is 0 Å². The largest absolute Gasteiger partial charge is 0.370 e. The summed E-state index contributed by atoms with van der Waals surface area (Å²) < 4.78 is 0. The van der Waals surface area contributed by atoms with E-state index in [9.17, 15) is 9.59 Å². The van der Waals surface area contributed by atoms with Gasteiger partial charge in [-0.25, -0.2) is 0 Å². The number of anilines is 3. The van der Waals surface area contributed by atoms with Crippen LogP contribution in [0, 0.1) is 0 Å². The Balaban J connectivity index is 2.16. The van der Waals surface area contributed by atoms with E-state index in [4.69, 9.17) is 0 Å². The van der Waals surface area contributed by atoms with Gasteiger partial charge in [0.15, 0.2) is 0 Å². The molecule has 6 nitrogen and oxygen atoms in total. The molecule has 0 radical (unpaired) electrons. The SMILES string of the molecule is CCN(CC)c1cc(NC(=O)Sc2ccccc2)ccc1NNC=O. The first-order chi connectivity index (χ1) is 12.2. The van der Waals surface area contributed by atoms with Crippen LogP contribution in [0.2, 0.25) is 0 Å². The molecule has 0 bridgehead atoms. The third kappa shape index (κ3) is 5.42. The van der Waals surface area contributed by atoms with Gasteiger partial charge in [0.05, 0.1) is 11.4 Å². The summed E-state index contributed by atoms with van der Waals surface area (Å²) in [4.78, 5) is 25.8. The number of nitrogens with one attached hydrogen (secondary N) is 3. The number of carbonyl (C=O) groups excluding carboxylic acids is 2. The van der Waals surface area contributed by atoms with Gasteiger partial charge >= 0.3 is 0 Å². The predicted octanol–water partition coefficient (Wildman–Crippen LogP) is 3.93. The average molecular weight is 358 g/mol. The van der Waals surface area contributed by atoms with Gasteiger partial charge in [-0.15, -0.1) is 0 Å². The quantitative estimate of drug-likeness (QED) is 0.379. The summed E-state index contributed by atoms with van der Waals surface area (Å²) in [6.07, 6.45) is 0.582. The molecule has 3 N–H and O–H groups in total. The van der Waals surface area contributed by atoms with Crippen molar-refractivity contribution in [3.63, 3.8) is 0 Å². The lowest BCUT2D eigenvalue weighted by atomic mass is 10.2. The monoisotopic (exact) mass is 358 g/mol. The van der Waals surface area contributed by atoms with Gasteiger partial charge < -0.3 is 10.2 Å². The number of hydrogen-bond acceptors (Lipinski definition) is 5. The number of carbonyl (C=O) groups is 2. The lowest BCUT2D eigenvalue weighted by Gasteiger charge is -2.25. The number of benzene rings is 2. The zero-order valence-electron chi connectivity index (χ0n) is 14.3. The van der Waals surface area contributed by atoms with Crippen molar-refractivity contribution in [3.05, 3.63) is 48.5 Å². The minimum Gasteiger partial charge on any atom is -0.370 e. The molecule has 0 spiro atoms. The Morgan fingerprint density at radius 2 is 1.84 bits per heavy atom. The second kappa shape index (κ2) is 9.58. The number of nitrogens with zero attached hydrogens (tertiary/aromatic N) is 1. The van der Waals surface area contributed by atoms with Crippen molar-refractivity contribution in [2.24, 2.45) is 0 Å². The maximum absolute atomic E-state index is 12.2. The molecule has 2 rings (SSSR count). The van der Waals surface area contributed by atoms with Crippen LogP contribution in [0.1, 0.15) is 13.8 Å². The highest BCUT2D eigenvalue weighted by atomic mass is 32.2. The first-order valence-corrected chi connectivity index (χ1v) is 8.87. The molecule has 0 saturated heterocycles. The third-order valence-electron chi connectivity index (χ3n) is 3.57. The molecule has 0 heterocycles. The van der Waals surface area contributed by atoms with Crippen molar-refractivity contribution in [1.29, 1.82) is 0 Å². The Hall–Kier alpha value is -2.67. The standard InChI is InChI=1S/C18H22N4O2S/c1-3-22(4-2)17-12-14(10-11-16(17)21-19-13-23)20-18(24)25-15-8-6-5-7-9-15/h5-13,21H,3-4H2,1-2H3,(H,19,23)(H,20,24). The summed E-state index contributed by atoms with van der Waals surface area (Å²) in [6, 6.07) is 15.0. The molecule has 0 aromatic heterocycles. The minimum absolute atomic E-state index is 0.150. The first-order valence-electron chi connectivity index (χ1n) is 8.06. The van der Waals surface area contributed by atoms with Crippen molar-refractivity contribution < 1.29 is 9.59 Å². The van der Waals surface area contributed by atoms with Crippen LogP contribution in [0.15, 0.2) is 53.4 Å². The maximum Gasteiger partial charge on any atom is 0.288 e. The molecule has 0 saturated carbocycles. The van der Waals surface area contributed by atoms with Crippen LogP contribution in [-0.4, -0.2) is 24.7 Å². The molecular formula is C18H22N4O2S. The summed E-state index contributed by atoms with van der Waals surface area (Å²) in [6.45, 7) is 5.72. The first kappa shape index (κ1) is 18.7. The third-order valence-corrected chi connectivity index (χ3v) is 4.36. The van der Waals surface area contributed by atoms with Crippen molar-refractivity contribution in [2.45, 2.75) is 18.7 Å². The molecule has 2 aromatic rings. The van der Waals surface area contributed by atoms with Gasteiger partial charge in [-0.1, -0.05) is 18.2 Å². The second-order valence-electron chi connectivity index (χ2n) is 5.12. The number of thioether (sulfide) groups is 1. The topological polar surface area (TPSA) is 73.5 Å². The number of hydrogen-bond donors (Lipinski definition) is 3. The zero-order valence-corrected chi connectivity index (χ0v) is 15.1. The highest BCUT2D eigenvalue weighted by Crippen LogP contribution is 2.30. The van der Waals surface area contributed by atoms with Gasteiger partial charge in [-0.2, -0.15) is 0 Å². The van der Waals surface area contributed by atoms with Crippen LogP contribution in [0.4, 0.5) is 21.9 Å². The summed E-state index contributed by atoms with van der Waals surface area (Å²) in [5.74, 6) is 0. The van der Waals surface area contributed by atoms with E-state index in [-0.39, 0.29) is 5.24 Å². The van der Waals surface area contributed by atoms with E-state index in [1.54, 1.807) is 6.07 Å². The van der Waals surface area contributed by atoms with E-state index in [0.29, 0.717) is 12.1 Å². The van der Waals surface area contributed by atoms with Gasteiger partial charge in [0, 0.05) is 23.7 Å². The molecule has 2 aromatic carbocycles. The van der Waals surface area contributed by atoms with Crippen LogP contribution < -0.4 is 21.1 Å². The van der Waals surface area contributed by atoms with E-state index in [0.717, 1.165) is 41.1 Å². The molecule has 0 atom stereocenters. The Bertz CT molecular complexity index is 705. The van der Waals surface area contributed by atoms with Crippen molar-refractivity contribution in [3.8, 4) is 0 Å². The van der Waals surface area contributed by atoms with E-state index in [2.05, 4.69) is 34.9 Å². The van der Waals surface area contributed by atoms with Gasteiger partial charge in [-0.3, -0.25) is 20.4 Å². The van der Waals surface area contributed by atoms with Gasteiger partial charge in [0.1, 0.15) is 0 Å². The Morgan fingerprint density at radius 3 is 2.48 bits per heavy atom. The Morgan fingerprint density at radius 1 is 1.12 bits per heavy atom. The van der Waals surface area contributed by atoms with Crippen molar-refractivity contribution >= 4 is 40.5 Å². The molecule has 0 unspecified atom stereocenters. The average Bonchev–Trinajstić information content (AvgIpc) is 2.63. The molecule has 25 heavy (non-hydrogen) atoms. The van der Waals surface area contributed by atoms with Gasteiger partial charge in [0.2, 0.25) is 6.41 Å². The Kier molecular flexibility index (Phi) is 7.16. The minimum atomic E-state index is -0.150. The molecule has 0 aliphatic carbocycles.